The fraction of sp³-hybridized carbons (Fsp3) is 0.286. The van der Waals surface area contributed by atoms with Gasteiger partial charge in [0.05, 0.1) is 13.0 Å². The van der Waals surface area contributed by atoms with Crippen LogP contribution in [0, 0.1) is 5.92 Å². The van der Waals surface area contributed by atoms with Crippen molar-refractivity contribution in [2.75, 3.05) is 19.0 Å². The van der Waals surface area contributed by atoms with Gasteiger partial charge >= 0.3 is 0 Å². The second-order valence-corrected chi connectivity index (χ2v) is 6.65. The number of nitrogens with zero attached hydrogens (tertiary/aromatic N) is 1. The highest BCUT2D eigenvalue weighted by molar-refractivity contribution is 5.99. The van der Waals surface area contributed by atoms with Crippen molar-refractivity contribution in [3.05, 3.63) is 59.7 Å². The van der Waals surface area contributed by atoms with Crippen molar-refractivity contribution in [3.8, 4) is 5.75 Å². The maximum Gasteiger partial charge on any atom is 0.229 e. The summed E-state index contributed by atoms with van der Waals surface area (Å²) in [6.07, 6.45) is 0.189. The fourth-order valence-corrected chi connectivity index (χ4v) is 3.11. The standard InChI is InChI=1S/C21H22N2O4/c1-14(24)16-4-3-5-18(10-16)22-21(26)17-11-20(25)23(13-17)12-15-6-8-19(27-2)9-7-15/h3-10,17H,11-13H2,1-2H3,(H,22,26). The average molecular weight is 366 g/mol. The Morgan fingerprint density at radius 2 is 1.93 bits per heavy atom. The summed E-state index contributed by atoms with van der Waals surface area (Å²) in [7, 11) is 1.61. The van der Waals surface area contributed by atoms with E-state index in [4.69, 9.17) is 4.74 Å². The van der Waals surface area contributed by atoms with E-state index in [0.29, 0.717) is 24.3 Å². The summed E-state index contributed by atoms with van der Waals surface area (Å²) >= 11 is 0. The van der Waals surface area contributed by atoms with Crippen LogP contribution in [0.1, 0.15) is 29.3 Å². The molecule has 1 fully saturated rings. The maximum atomic E-state index is 12.5. The monoisotopic (exact) mass is 366 g/mol. The van der Waals surface area contributed by atoms with Crippen molar-refractivity contribution in [1.29, 1.82) is 0 Å². The highest BCUT2D eigenvalue weighted by Gasteiger charge is 2.34. The van der Waals surface area contributed by atoms with Crippen LogP contribution in [0.5, 0.6) is 5.75 Å². The zero-order chi connectivity index (χ0) is 19.4. The predicted molar refractivity (Wildman–Crippen MR) is 102 cm³/mol. The molecule has 6 nitrogen and oxygen atoms in total. The van der Waals surface area contributed by atoms with Crippen molar-refractivity contribution in [2.45, 2.75) is 19.9 Å². The van der Waals surface area contributed by atoms with Crippen LogP contribution in [0.4, 0.5) is 5.69 Å². The summed E-state index contributed by atoms with van der Waals surface area (Å²) < 4.78 is 5.13. The Morgan fingerprint density at radius 3 is 2.59 bits per heavy atom. The lowest BCUT2D eigenvalue weighted by Crippen LogP contribution is -2.28. The van der Waals surface area contributed by atoms with Gasteiger partial charge in [0.25, 0.3) is 0 Å². The molecule has 6 heteroatoms. The Hall–Kier alpha value is -3.15. The number of nitrogens with one attached hydrogen (secondary N) is 1. The summed E-state index contributed by atoms with van der Waals surface area (Å²) in [5.74, 6) is 0.0471. The molecule has 2 aromatic carbocycles. The molecule has 2 amide bonds. The van der Waals surface area contributed by atoms with Crippen molar-refractivity contribution in [1.82, 2.24) is 4.90 Å². The third kappa shape index (κ3) is 4.53. The molecule has 0 aromatic heterocycles. The minimum Gasteiger partial charge on any atom is -0.497 e. The zero-order valence-electron chi connectivity index (χ0n) is 15.4. The Bertz CT molecular complexity index is 861. The van der Waals surface area contributed by atoms with Gasteiger partial charge in [0.1, 0.15) is 5.75 Å². The summed E-state index contributed by atoms with van der Waals surface area (Å²) in [5, 5.41) is 2.81. The SMILES string of the molecule is COc1ccc(CN2CC(C(=O)Nc3cccc(C(C)=O)c3)CC2=O)cc1. The molecule has 0 aliphatic carbocycles. The smallest absolute Gasteiger partial charge is 0.229 e. The molecule has 1 unspecified atom stereocenters. The van der Waals surface area contributed by atoms with Crippen LogP contribution in [0.15, 0.2) is 48.5 Å². The Kier molecular flexibility index (Phi) is 5.54. The Balaban J connectivity index is 1.61. The van der Waals surface area contributed by atoms with Gasteiger partial charge in [-0.3, -0.25) is 14.4 Å². The third-order valence-electron chi connectivity index (χ3n) is 4.65. The second kappa shape index (κ2) is 8.03. The van der Waals surface area contributed by atoms with Crippen LogP contribution in [-0.4, -0.2) is 36.2 Å². The lowest BCUT2D eigenvalue weighted by molar-refractivity contribution is -0.128. The quantitative estimate of drug-likeness (QED) is 0.798. The third-order valence-corrected chi connectivity index (χ3v) is 4.65. The number of likely N-dealkylation sites (tertiary alicyclic amines) is 1. The fourth-order valence-electron chi connectivity index (χ4n) is 3.11. The van der Waals surface area contributed by atoms with E-state index in [-0.39, 0.29) is 24.0 Å². The first-order chi connectivity index (χ1) is 13.0. The number of hydrogen-bond donors (Lipinski definition) is 1. The molecule has 0 radical (unpaired) electrons. The van der Waals surface area contributed by atoms with Crippen LogP contribution < -0.4 is 10.1 Å². The molecule has 1 atom stereocenters. The second-order valence-electron chi connectivity index (χ2n) is 6.65. The molecule has 1 aliphatic heterocycles. The van der Waals surface area contributed by atoms with Crippen molar-refractivity contribution in [2.24, 2.45) is 5.92 Å². The highest BCUT2D eigenvalue weighted by atomic mass is 16.5. The van der Waals surface area contributed by atoms with E-state index < -0.39 is 5.92 Å². The molecule has 1 aliphatic rings. The molecule has 2 aromatic rings. The van der Waals surface area contributed by atoms with Gasteiger partial charge in [-0.25, -0.2) is 0 Å². The molecule has 1 saturated heterocycles. The number of anilines is 1. The van der Waals surface area contributed by atoms with E-state index in [2.05, 4.69) is 5.32 Å². The maximum absolute atomic E-state index is 12.5. The predicted octanol–water partition coefficient (Wildman–Crippen LogP) is 2.89. The number of methoxy groups -OCH3 is 1. The normalized spacial score (nSPS) is 16.3. The van der Waals surface area contributed by atoms with Crippen LogP contribution >= 0.6 is 0 Å². The Morgan fingerprint density at radius 1 is 1.19 bits per heavy atom. The molecule has 1 N–H and O–H groups in total. The van der Waals surface area contributed by atoms with Gasteiger partial charge in [-0.1, -0.05) is 24.3 Å². The molecular weight excluding hydrogens is 344 g/mol. The van der Waals surface area contributed by atoms with Gasteiger partial charge < -0.3 is 15.0 Å². The summed E-state index contributed by atoms with van der Waals surface area (Å²) in [6, 6.07) is 14.3. The van der Waals surface area contributed by atoms with Gasteiger partial charge in [-0.15, -0.1) is 0 Å². The van der Waals surface area contributed by atoms with Crippen molar-refractivity contribution < 1.29 is 19.1 Å². The molecule has 140 valence electrons. The van der Waals surface area contributed by atoms with Crippen LogP contribution in [-0.2, 0) is 16.1 Å². The van der Waals surface area contributed by atoms with E-state index in [1.165, 1.54) is 6.92 Å². The number of benzene rings is 2. The van der Waals surface area contributed by atoms with Gasteiger partial charge in [0, 0.05) is 30.8 Å². The van der Waals surface area contributed by atoms with Crippen LogP contribution in [0.3, 0.4) is 0 Å². The Labute approximate surface area is 158 Å². The lowest BCUT2D eigenvalue weighted by Gasteiger charge is -2.17. The molecular formula is C21H22N2O4. The topological polar surface area (TPSA) is 75.7 Å². The van der Waals surface area contributed by atoms with Gasteiger partial charge in [-0.2, -0.15) is 0 Å². The van der Waals surface area contributed by atoms with E-state index in [1.54, 1.807) is 36.3 Å². The first-order valence-corrected chi connectivity index (χ1v) is 8.79. The molecule has 0 spiro atoms. The molecule has 1 heterocycles. The van der Waals surface area contributed by atoms with Gasteiger partial charge in [-0.05, 0) is 36.8 Å². The van der Waals surface area contributed by atoms with Crippen molar-refractivity contribution >= 4 is 23.3 Å². The van der Waals surface area contributed by atoms with Crippen LogP contribution in [0.2, 0.25) is 0 Å². The lowest BCUT2D eigenvalue weighted by atomic mass is 10.1. The first-order valence-electron chi connectivity index (χ1n) is 8.79. The molecule has 0 saturated carbocycles. The number of ketones is 1. The van der Waals surface area contributed by atoms with E-state index >= 15 is 0 Å². The number of amides is 2. The van der Waals surface area contributed by atoms with E-state index in [9.17, 15) is 14.4 Å². The van der Waals surface area contributed by atoms with Gasteiger partial charge in [0.2, 0.25) is 11.8 Å². The van der Waals surface area contributed by atoms with E-state index in [0.717, 1.165) is 11.3 Å². The number of ether oxygens (including phenoxy) is 1. The number of carbonyl (C=O) groups excluding carboxylic acids is 3. The summed E-state index contributed by atoms with van der Waals surface area (Å²) in [4.78, 5) is 38.0. The molecule has 0 bridgehead atoms. The number of carbonyl (C=O) groups is 3. The summed E-state index contributed by atoms with van der Waals surface area (Å²) in [5.41, 5.74) is 2.09. The molecule has 27 heavy (non-hydrogen) atoms. The number of Topliss-reactive ketones (excluding diaryl/α,β-unsaturated/α-hetero) is 1. The first kappa shape index (κ1) is 18.6. The van der Waals surface area contributed by atoms with E-state index in [1.807, 2.05) is 24.3 Å². The van der Waals surface area contributed by atoms with Crippen LogP contribution in [0.25, 0.3) is 0 Å². The average Bonchev–Trinajstić information content (AvgIpc) is 3.03. The zero-order valence-corrected chi connectivity index (χ0v) is 15.4. The molecule has 3 rings (SSSR count). The minimum atomic E-state index is -0.406. The number of hydrogen-bond acceptors (Lipinski definition) is 4. The van der Waals surface area contributed by atoms with Crippen molar-refractivity contribution in [3.63, 3.8) is 0 Å². The van der Waals surface area contributed by atoms with Gasteiger partial charge in [0.15, 0.2) is 5.78 Å². The highest BCUT2D eigenvalue weighted by Crippen LogP contribution is 2.23. The summed E-state index contributed by atoms with van der Waals surface area (Å²) in [6.45, 7) is 2.32. The largest absolute Gasteiger partial charge is 0.497 e. The number of rotatable bonds is 6. The minimum absolute atomic E-state index is 0.0385.